The first kappa shape index (κ1) is 14.2. The van der Waals surface area contributed by atoms with Crippen LogP contribution in [0.15, 0.2) is 46.9 Å². The van der Waals surface area contributed by atoms with Crippen LogP contribution in [0.1, 0.15) is 28.5 Å². The van der Waals surface area contributed by atoms with Crippen molar-refractivity contribution in [1.82, 2.24) is 5.32 Å². The molecule has 0 fully saturated rings. The van der Waals surface area contributed by atoms with Gasteiger partial charge in [0.05, 0.1) is 11.1 Å². The van der Waals surface area contributed by atoms with E-state index in [1.165, 1.54) is 16.7 Å². The van der Waals surface area contributed by atoms with Crippen LogP contribution in [0.3, 0.4) is 0 Å². The monoisotopic (exact) mass is 299 g/mol. The quantitative estimate of drug-likeness (QED) is 0.735. The Balaban J connectivity index is 2.14. The summed E-state index contributed by atoms with van der Waals surface area (Å²) in [7, 11) is 1.95. The Morgan fingerprint density at radius 3 is 2.57 bits per heavy atom. The Labute approximate surface area is 129 Å². The van der Waals surface area contributed by atoms with Gasteiger partial charge in [-0.2, -0.15) is 0 Å². The third-order valence-corrected chi connectivity index (χ3v) is 4.34. The highest BCUT2D eigenvalue weighted by Gasteiger charge is 2.19. The van der Waals surface area contributed by atoms with Gasteiger partial charge < -0.3 is 9.73 Å². The van der Waals surface area contributed by atoms with E-state index in [1.807, 2.05) is 25.2 Å². The summed E-state index contributed by atoms with van der Waals surface area (Å²) >= 11 is 6.21. The molecule has 0 saturated heterocycles. The SMILES string of the molecule is CNC(c1cc2cccc(Cl)c2o1)c1cccc(C)c1C. The van der Waals surface area contributed by atoms with E-state index in [2.05, 4.69) is 43.4 Å². The number of hydrogen-bond acceptors (Lipinski definition) is 2. The number of aryl methyl sites for hydroxylation is 1. The second-order valence-electron chi connectivity index (χ2n) is 5.32. The average Bonchev–Trinajstić information content (AvgIpc) is 2.89. The molecule has 108 valence electrons. The number of nitrogens with one attached hydrogen (secondary N) is 1. The zero-order valence-corrected chi connectivity index (χ0v) is 13.2. The van der Waals surface area contributed by atoms with Crippen LogP contribution < -0.4 is 5.32 Å². The van der Waals surface area contributed by atoms with Crippen molar-refractivity contribution in [3.8, 4) is 0 Å². The molecule has 3 heteroatoms. The van der Waals surface area contributed by atoms with Gasteiger partial charge in [0.15, 0.2) is 5.58 Å². The fraction of sp³-hybridized carbons (Fsp3) is 0.222. The lowest BCUT2D eigenvalue weighted by molar-refractivity contribution is 0.490. The molecule has 21 heavy (non-hydrogen) atoms. The van der Waals surface area contributed by atoms with Gasteiger partial charge in [-0.1, -0.05) is 41.9 Å². The molecule has 1 unspecified atom stereocenters. The lowest BCUT2D eigenvalue weighted by Crippen LogP contribution is -2.18. The summed E-state index contributed by atoms with van der Waals surface area (Å²) in [5.41, 5.74) is 4.54. The minimum Gasteiger partial charge on any atom is -0.457 e. The molecule has 2 nitrogen and oxygen atoms in total. The lowest BCUT2D eigenvalue weighted by atomic mass is 9.96. The summed E-state index contributed by atoms with van der Waals surface area (Å²) in [5.74, 6) is 0.884. The molecule has 3 rings (SSSR count). The van der Waals surface area contributed by atoms with Crippen LogP contribution >= 0.6 is 11.6 Å². The van der Waals surface area contributed by atoms with Gasteiger partial charge in [-0.05, 0) is 49.7 Å². The van der Waals surface area contributed by atoms with Gasteiger partial charge in [0, 0.05) is 5.39 Å². The largest absolute Gasteiger partial charge is 0.457 e. The molecule has 1 aromatic heterocycles. The van der Waals surface area contributed by atoms with Gasteiger partial charge >= 0.3 is 0 Å². The van der Waals surface area contributed by atoms with Crippen molar-refractivity contribution in [3.63, 3.8) is 0 Å². The van der Waals surface area contributed by atoms with E-state index in [0.717, 1.165) is 16.7 Å². The average molecular weight is 300 g/mol. The first-order valence-electron chi connectivity index (χ1n) is 7.03. The van der Waals surface area contributed by atoms with Crippen LogP contribution in [0, 0.1) is 13.8 Å². The maximum atomic E-state index is 6.21. The number of fused-ring (bicyclic) bond motifs is 1. The van der Waals surface area contributed by atoms with Crippen molar-refractivity contribution in [2.45, 2.75) is 19.9 Å². The predicted octanol–water partition coefficient (Wildman–Crippen LogP) is 5.01. The van der Waals surface area contributed by atoms with Crippen molar-refractivity contribution < 1.29 is 4.42 Å². The smallest absolute Gasteiger partial charge is 0.152 e. The highest BCUT2D eigenvalue weighted by Crippen LogP contribution is 2.33. The maximum absolute atomic E-state index is 6.21. The standard InChI is InChI=1S/C18H18ClNO/c1-11-6-4-8-14(12(11)2)17(20-3)16-10-13-7-5-9-15(19)18(13)21-16/h4-10,17,20H,1-3H3. The highest BCUT2D eigenvalue weighted by atomic mass is 35.5. The topological polar surface area (TPSA) is 25.2 Å². The normalized spacial score (nSPS) is 12.8. The Morgan fingerprint density at radius 2 is 1.86 bits per heavy atom. The Hall–Kier alpha value is -1.77. The van der Waals surface area contributed by atoms with E-state index in [0.29, 0.717) is 5.02 Å². The zero-order valence-electron chi connectivity index (χ0n) is 12.4. The third-order valence-electron chi connectivity index (χ3n) is 4.05. The van der Waals surface area contributed by atoms with E-state index in [1.54, 1.807) is 0 Å². The second-order valence-corrected chi connectivity index (χ2v) is 5.72. The zero-order chi connectivity index (χ0) is 15.0. The molecule has 1 heterocycles. The number of benzene rings is 2. The maximum Gasteiger partial charge on any atom is 0.152 e. The lowest BCUT2D eigenvalue weighted by Gasteiger charge is -2.17. The first-order valence-corrected chi connectivity index (χ1v) is 7.41. The summed E-state index contributed by atoms with van der Waals surface area (Å²) in [5, 5.41) is 5.02. The van der Waals surface area contributed by atoms with Crippen molar-refractivity contribution in [2.75, 3.05) is 7.05 Å². The predicted molar refractivity (Wildman–Crippen MR) is 88.0 cm³/mol. The Kier molecular flexibility index (Phi) is 3.75. The summed E-state index contributed by atoms with van der Waals surface area (Å²) in [6.45, 7) is 4.27. The third kappa shape index (κ3) is 2.45. The van der Waals surface area contributed by atoms with Gasteiger partial charge in [-0.25, -0.2) is 0 Å². The van der Waals surface area contributed by atoms with Crippen molar-refractivity contribution in [1.29, 1.82) is 0 Å². The van der Waals surface area contributed by atoms with Gasteiger partial charge in [0.25, 0.3) is 0 Å². The van der Waals surface area contributed by atoms with Gasteiger partial charge in [0.2, 0.25) is 0 Å². The van der Waals surface area contributed by atoms with E-state index in [4.69, 9.17) is 16.0 Å². The summed E-state index contributed by atoms with van der Waals surface area (Å²) in [4.78, 5) is 0. The van der Waals surface area contributed by atoms with E-state index in [-0.39, 0.29) is 6.04 Å². The summed E-state index contributed by atoms with van der Waals surface area (Å²) in [6, 6.07) is 14.2. The molecule has 3 aromatic rings. The Bertz CT molecular complexity index is 791. The fourth-order valence-corrected chi connectivity index (χ4v) is 2.95. The highest BCUT2D eigenvalue weighted by molar-refractivity contribution is 6.34. The molecular formula is C18H18ClNO. The number of rotatable bonds is 3. The number of halogens is 1. The molecule has 1 N–H and O–H groups in total. The summed E-state index contributed by atoms with van der Waals surface area (Å²) < 4.78 is 6.01. The van der Waals surface area contributed by atoms with Crippen LogP contribution in [0.4, 0.5) is 0 Å². The second kappa shape index (κ2) is 5.55. The van der Waals surface area contributed by atoms with Crippen molar-refractivity contribution in [3.05, 3.63) is 69.9 Å². The van der Waals surface area contributed by atoms with E-state index < -0.39 is 0 Å². The molecule has 2 aromatic carbocycles. The summed E-state index contributed by atoms with van der Waals surface area (Å²) in [6.07, 6.45) is 0. The number of para-hydroxylation sites is 1. The van der Waals surface area contributed by atoms with Crippen LogP contribution in [-0.2, 0) is 0 Å². The number of furan rings is 1. The molecule has 0 aliphatic heterocycles. The molecule has 0 spiro atoms. The van der Waals surface area contributed by atoms with Gasteiger partial charge in [-0.3, -0.25) is 0 Å². The van der Waals surface area contributed by atoms with E-state index >= 15 is 0 Å². The van der Waals surface area contributed by atoms with Crippen molar-refractivity contribution in [2.24, 2.45) is 0 Å². The first-order chi connectivity index (χ1) is 10.1. The molecular weight excluding hydrogens is 282 g/mol. The molecule has 1 atom stereocenters. The molecule has 0 aliphatic carbocycles. The van der Waals surface area contributed by atoms with Gasteiger partial charge in [0.1, 0.15) is 5.76 Å². The number of hydrogen-bond donors (Lipinski definition) is 1. The molecule has 0 aliphatic rings. The van der Waals surface area contributed by atoms with Crippen LogP contribution in [-0.4, -0.2) is 7.05 Å². The Morgan fingerprint density at radius 1 is 1.10 bits per heavy atom. The molecule has 0 bridgehead atoms. The minimum atomic E-state index is 0.0216. The van der Waals surface area contributed by atoms with Crippen molar-refractivity contribution >= 4 is 22.6 Å². The van der Waals surface area contributed by atoms with Crippen LogP contribution in [0.5, 0.6) is 0 Å². The fourth-order valence-electron chi connectivity index (χ4n) is 2.73. The minimum absolute atomic E-state index is 0.0216. The van der Waals surface area contributed by atoms with Crippen LogP contribution in [0.25, 0.3) is 11.0 Å². The molecule has 0 radical (unpaired) electrons. The van der Waals surface area contributed by atoms with E-state index in [9.17, 15) is 0 Å². The van der Waals surface area contributed by atoms with Crippen LogP contribution in [0.2, 0.25) is 5.02 Å². The molecule has 0 amide bonds. The van der Waals surface area contributed by atoms with Gasteiger partial charge in [-0.15, -0.1) is 0 Å². The molecule has 0 saturated carbocycles.